The van der Waals surface area contributed by atoms with Crippen molar-refractivity contribution in [1.82, 2.24) is 15.5 Å². The minimum absolute atomic E-state index is 0.00998. The Labute approximate surface area is 197 Å². The summed E-state index contributed by atoms with van der Waals surface area (Å²) in [5, 5.41) is 14.1. The summed E-state index contributed by atoms with van der Waals surface area (Å²) in [5.74, 6) is -4.83. The first-order chi connectivity index (χ1) is 16.0. The maximum absolute atomic E-state index is 13.3. The van der Waals surface area contributed by atoms with Gasteiger partial charge in [0.2, 0.25) is 29.5 Å². The Morgan fingerprint density at radius 2 is 1.65 bits per heavy atom. The van der Waals surface area contributed by atoms with Crippen molar-refractivity contribution in [3.05, 3.63) is 0 Å². The van der Waals surface area contributed by atoms with Gasteiger partial charge in [-0.1, -0.05) is 0 Å². The molecule has 14 heteroatoms. The maximum Gasteiger partial charge on any atom is 0.326 e. The van der Waals surface area contributed by atoms with Gasteiger partial charge in [-0.2, -0.15) is 0 Å². The maximum atomic E-state index is 13.3. The number of amides is 5. The molecular weight excluding hydrogens is 450 g/mol. The van der Waals surface area contributed by atoms with Gasteiger partial charge in [-0.15, -0.1) is 0 Å². The fourth-order valence-electron chi connectivity index (χ4n) is 3.63. The molecule has 192 valence electrons. The first-order valence-corrected chi connectivity index (χ1v) is 11.1. The van der Waals surface area contributed by atoms with Gasteiger partial charge in [-0.05, 0) is 45.1 Å². The van der Waals surface area contributed by atoms with Crippen LogP contribution in [-0.4, -0.2) is 82.8 Å². The molecule has 1 fully saturated rings. The number of carbonyl (C=O) groups is 6. The lowest BCUT2D eigenvalue weighted by molar-refractivity contribution is -0.146. The van der Waals surface area contributed by atoms with Crippen LogP contribution in [0.25, 0.3) is 0 Å². The third-order valence-electron chi connectivity index (χ3n) is 5.46. The van der Waals surface area contributed by atoms with Gasteiger partial charge in [0.1, 0.15) is 18.1 Å². The zero-order chi connectivity index (χ0) is 25.8. The molecule has 0 aromatic rings. The number of carboxylic acids is 1. The average molecular weight is 486 g/mol. The summed E-state index contributed by atoms with van der Waals surface area (Å²) in [7, 11) is 0. The Kier molecular flexibility index (Phi) is 11.9. The van der Waals surface area contributed by atoms with Crippen LogP contribution in [0.2, 0.25) is 0 Å². The molecule has 0 aromatic heterocycles. The van der Waals surface area contributed by atoms with Crippen molar-refractivity contribution in [2.24, 2.45) is 22.9 Å². The van der Waals surface area contributed by atoms with E-state index in [2.05, 4.69) is 10.6 Å². The van der Waals surface area contributed by atoms with Gasteiger partial charge < -0.3 is 43.6 Å². The van der Waals surface area contributed by atoms with E-state index in [9.17, 15) is 33.9 Å². The summed E-state index contributed by atoms with van der Waals surface area (Å²) in [6.07, 6.45) is 1.46. The number of likely N-dealkylation sites (tertiary alicyclic amines) is 1. The van der Waals surface area contributed by atoms with Crippen LogP contribution in [0.5, 0.6) is 0 Å². The number of rotatable bonds is 15. The SMILES string of the molecule is NCCCCC(NC(=O)C(N)CCC(N)=O)C(=O)N1CCCC1C(=O)NC(CC(N)=O)C(=O)O. The van der Waals surface area contributed by atoms with Crippen LogP contribution in [0.3, 0.4) is 0 Å². The monoisotopic (exact) mass is 485 g/mol. The van der Waals surface area contributed by atoms with E-state index >= 15 is 0 Å². The molecule has 0 bridgehead atoms. The molecular formula is C20H35N7O7. The standard InChI is InChI=1S/C20H35N7O7/c21-8-2-1-4-12(25-17(30)11(22)6-7-15(23)28)19(32)27-9-3-5-14(27)18(31)26-13(20(33)34)10-16(24)29/h11-14H,1-10,21-22H2,(H2,23,28)(H2,24,29)(H,25,30)(H,26,31)(H,33,34). The van der Waals surface area contributed by atoms with Gasteiger partial charge in [0.05, 0.1) is 12.5 Å². The van der Waals surface area contributed by atoms with Crippen LogP contribution in [0.1, 0.15) is 51.4 Å². The minimum atomic E-state index is -1.52. The van der Waals surface area contributed by atoms with Gasteiger partial charge in [-0.25, -0.2) is 4.79 Å². The van der Waals surface area contributed by atoms with Crippen molar-refractivity contribution in [1.29, 1.82) is 0 Å². The van der Waals surface area contributed by atoms with E-state index < -0.39 is 66.1 Å². The summed E-state index contributed by atoms with van der Waals surface area (Å²) in [5.41, 5.74) is 21.4. The normalized spacial score (nSPS) is 17.9. The van der Waals surface area contributed by atoms with Crippen LogP contribution in [0.15, 0.2) is 0 Å². The molecule has 5 amide bonds. The number of hydrogen-bond donors (Lipinski definition) is 7. The average Bonchev–Trinajstić information content (AvgIpc) is 3.25. The highest BCUT2D eigenvalue weighted by Gasteiger charge is 2.39. The first kappa shape index (κ1) is 28.8. The highest BCUT2D eigenvalue weighted by Crippen LogP contribution is 2.20. The molecule has 4 atom stereocenters. The third-order valence-corrected chi connectivity index (χ3v) is 5.46. The molecule has 1 saturated heterocycles. The predicted molar refractivity (Wildman–Crippen MR) is 119 cm³/mol. The molecule has 34 heavy (non-hydrogen) atoms. The van der Waals surface area contributed by atoms with Crippen molar-refractivity contribution in [3.8, 4) is 0 Å². The Hall–Kier alpha value is -3.26. The van der Waals surface area contributed by atoms with Gasteiger partial charge in [0, 0.05) is 13.0 Å². The Morgan fingerprint density at radius 1 is 0.971 bits per heavy atom. The van der Waals surface area contributed by atoms with Crippen molar-refractivity contribution >= 4 is 35.5 Å². The molecule has 0 aliphatic carbocycles. The largest absolute Gasteiger partial charge is 0.480 e. The highest BCUT2D eigenvalue weighted by atomic mass is 16.4. The van der Waals surface area contributed by atoms with Crippen molar-refractivity contribution in [2.75, 3.05) is 13.1 Å². The highest BCUT2D eigenvalue weighted by molar-refractivity contribution is 5.95. The van der Waals surface area contributed by atoms with Crippen molar-refractivity contribution < 1.29 is 33.9 Å². The van der Waals surface area contributed by atoms with E-state index in [1.807, 2.05) is 0 Å². The topological polar surface area (TPSA) is 254 Å². The van der Waals surface area contributed by atoms with Gasteiger partial charge in [-0.3, -0.25) is 24.0 Å². The van der Waals surface area contributed by atoms with Crippen LogP contribution in [-0.2, 0) is 28.8 Å². The summed E-state index contributed by atoms with van der Waals surface area (Å²) < 4.78 is 0. The first-order valence-electron chi connectivity index (χ1n) is 11.1. The summed E-state index contributed by atoms with van der Waals surface area (Å²) in [6, 6.07) is -4.54. The fraction of sp³-hybridized carbons (Fsp3) is 0.700. The number of unbranched alkanes of at least 4 members (excludes halogenated alkanes) is 1. The van der Waals surface area contributed by atoms with Crippen molar-refractivity contribution in [3.63, 3.8) is 0 Å². The van der Waals surface area contributed by atoms with Gasteiger partial charge in [0.15, 0.2) is 0 Å². The van der Waals surface area contributed by atoms with E-state index in [4.69, 9.17) is 22.9 Å². The molecule has 14 nitrogen and oxygen atoms in total. The van der Waals surface area contributed by atoms with E-state index in [1.54, 1.807) is 0 Å². The number of nitrogens with zero attached hydrogens (tertiary/aromatic N) is 1. The summed E-state index contributed by atoms with van der Waals surface area (Å²) >= 11 is 0. The van der Waals surface area contributed by atoms with E-state index in [-0.39, 0.29) is 32.2 Å². The molecule has 1 aliphatic heterocycles. The number of nitrogens with one attached hydrogen (secondary N) is 2. The Bertz CT molecular complexity index is 776. The van der Waals surface area contributed by atoms with E-state index in [0.717, 1.165) is 0 Å². The number of aliphatic carboxylic acids is 1. The van der Waals surface area contributed by atoms with Gasteiger partial charge >= 0.3 is 5.97 Å². The zero-order valence-corrected chi connectivity index (χ0v) is 19.0. The molecule has 0 radical (unpaired) electrons. The second-order valence-electron chi connectivity index (χ2n) is 8.22. The number of nitrogens with two attached hydrogens (primary N) is 4. The van der Waals surface area contributed by atoms with Crippen LogP contribution in [0, 0.1) is 0 Å². The zero-order valence-electron chi connectivity index (χ0n) is 19.0. The molecule has 0 aromatic carbocycles. The molecule has 1 aliphatic rings. The lowest BCUT2D eigenvalue weighted by atomic mass is 10.1. The minimum Gasteiger partial charge on any atom is -0.480 e. The van der Waals surface area contributed by atoms with Crippen LogP contribution >= 0.6 is 0 Å². The second kappa shape index (κ2) is 14.1. The Balaban J connectivity index is 2.93. The van der Waals surface area contributed by atoms with E-state index in [1.165, 1.54) is 4.90 Å². The second-order valence-corrected chi connectivity index (χ2v) is 8.22. The third kappa shape index (κ3) is 9.31. The fourth-order valence-corrected chi connectivity index (χ4v) is 3.63. The van der Waals surface area contributed by atoms with Gasteiger partial charge in [0.25, 0.3) is 0 Å². The molecule has 1 rings (SSSR count). The number of hydrogen-bond acceptors (Lipinski definition) is 8. The van der Waals surface area contributed by atoms with E-state index in [0.29, 0.717) is 25.8 Å². The Morgan fingerprint density at radius 3 is 2.21 bits per heavy atom. The quantitative estimate of drug-likeness (QED) is 0.114. The number of carbonyl (C=O) groups excluding carboxylic acids is 5. The molecule has 11 N–H and O–H groups in total. The van der Waals surface area contributed by atoms with Crippen LogP contribution in [0.4, 0.5) is 0 Å². The molecule has 0 spiro atoms. The smallest absolute Gasteiger partial charge is 0.326 e. The lowest BCUT2D eigenvalue weighted by Gasteiger charge is -2.30. The number of carboxylic acid groups (broad SMARTS) is 1. The molecule has 4 unspecified atom stereocenters. The summed E-state index contributed by atoms with van der Waals surface area (Å²) in [4.78, 5) is 73.1. The van der Waals surface area contributed by atoms with Crippen molar-refractivity contribution in [2.45, 2.75) is 75.5 Å². The van der Waals surface area contributed by atoms with Crippen LogP contribution < -0.4 is 33.6 Å². The summed E-state index contributed by atoms with van der Waals surface area (Å²) in [6.45, 7) is 0.611. The molecule has 1 heterocycles. The predicted octanol–water partition coefficient (Wildman–Crippen LogP) is -3.37. The lowest BCUT2D eigenvalue weighted by Crippen LogP contribution is -2.57. The molecule has 0 saturated carbocycles. The number of primary amides is 2.